The molecule has 1 aliphatic heterocycles. The van der Waals surface area contributed by atoms with Gasteiger partial charge in [-0.15, -0.1) is 0 Å². The van der Waals surface area contributed by atoms with Crippen LogP contribution >= 0.6 is 15.9 Å². The Hall–Kier alpha value is -2.06. The maximum absolute atomic E-state index is 12.2. The van der Waals surface area contributed by atoms with Crippen molar-refractivity contribution in [3.63, 3.8) is 0 Å². The van der Waals surface area contributed by atoms with Crippen molar-refractivity contribution in [2.45, 2.75) is 33.3 Å². The SMILES string of the molecule is Cc1cc2c(Br)cc(OCCN3CCN(C(=O)OC(C)(C)C)CC3)cc2n(C)c1=O. The van der Waals surface area contributed by atoms with Gasteiger partial charge in [0.05, 0.1) is 5.52 Å². The number of aromatic nitrogens is 1. The Labute approximate surface area is 185 Å². The van der Waals surface area contributed by atoms with Gasteiger partial charge < -0.3 is 18.9 Å². The molecule has 1 saturated heterocycles. The number of fused-ring (bicyclic) bond motifs is 1. The van der Waals surface area contributed by atoms with Gasteiger partial charge in [-0.2, -0.15) is 0 Å². The van der Waals surface area contributed by atoms with E-state index in [1.165, 1.54) is 0 Å². The van der Waals surface area contributed by atoms with Crippen LogP contribution in [0.4, 0.5) is 4.79 Å². The average Bonchev–Trinajstić information content (AvgIpc) is 2.66. The normalized spacial score (nSPS) is 15.5. The molecule has 164 valence electrons. The van der Waals surface area contributed by atoms with Crippen molar-refractivity contribution < 1.29 is 14.3 Å². The van der Waals surface area contributed by atoms with Crippen molar-refractivity contribution in [2.75, 3.05) is 39.3 Å². The van der Waals surface area contributed by atoms with Crippen LogP contribution in [0.3, 0.4) is 0 Å². The third kappa shape index (κ3) is 5.35. The Kier molecular flexibility index (Phi) is 6.77. The summed E-state index contributed by atoms with van der Waals surface area (Å²) in [6.07, 6.45) is -0.250. The number of aryl methyl sites for hydroxylation is 2. The Balaban J connectivity index is 1.54. The Morgan fingerprint density at radius 3 is 2.43 bits per heavy atom. The summed E-state index contributed by atoms with van der Waals surface area (Å²) < 4.78 is 14.0. The summed E-state index contributed by atoms with van der Waals surface area (Å²) in [6.45, 7) is 11.6. The quantitative estimate of drug-likeness (QED) is 0.670. The van der Waals surface area contributed by atoms with Gasteiger partial charge in [-0.3, -0.25) is 9.69 Å². The van der Waals surface area contributed by atoms with Crippen LogP contribution in [-0.4, -0.2) is 65.4 Å². The third-order valence-electron chi connectivity index (χ3n) is 5.15. The number of halogens is 1. The fourth-order valence-corrected chi connectivity index (χ4v) is 4.05. The summed E-state index contributed by atoms with van der Waals surface area (Å²) >= 11 is 3.59. The summed E-state index contributed by atoms with van der Waals surface area (Å²) in [5.41, 5.74) is 1.07. The van der Waals surface area contributed by atoms with E-state index in [0.29, 0.717) is 25.3 Å². The van der Waals surface area contributed by atoms with Crippen LogP contribution in [0.5, 0.6) is 5.75 Å². The highest BCUT2D eigenvalue weighted by Crippen LogP contribution is 2.29. The second-order valence-electron chi connectivity index (χ2n) is 8.69. The van der Waals surface area contributed by atoms with Gasteiger partial charge in [-0.25, -0.2) is 4.79 Å². The first kappa shape index (κ1) is 22.6. The summed E-state index contributed by atoms with van der Waals surface area (Å²) in [7, 11) is 1.78. The molecule has 0 radical (unpaired) electrons. The molecule has 1 aromatic carbocycles. The van der Waals surface area contributed by atoms with E-state index >= 15 is 0 Å². The average molecular weight is 480 g/mol. The van der Waals surface area contributed by atoms with Crippen LogP contribution < -0.4 is 10.3 Å². The smallest absolute Gasteiger partial charge is 0.410 e. The van der Waals surface area contributed by atoms with Crippen molar-refractivity contribution >= 4 is 32.9 Å². The molecular formula is C22H30BrN3O4. The van der Waals surface area contributed by atoms with Gasteiger partial charge in [-0.1, -0.05) is 0 Å². The first-order valence-electron chi connectivity index (χ1n) is 10.2. The van der Waals surface area contributed by atoms with Gasteiger partial charge in [0.25, 0.3) is 5.56 Å². The first-order valence-corrected chi connectivity index (χ1v) is 11.0. The minimum atomic E-state index is -0.474. The van der Waals surface area contributed by atoms with E-state index < -0.39 is 5.60 Å². The molecule has 0 aliphatic carbocycles. The van der Waals surface area contributed by atoms with Crippen LogP contribution in [0.25, 0.3) is 10.9 Å². The zero-order valence-corrected chi connectivity index (χ0v) is 19.9. The molecule has 0 unspecified atom stereocenters. The standard InChI is InChI=1S/C22H30BrN3O4/c1-15-12-17-18(23)13-16(14-19(17)24(5)20(15)27)29-11-10-25-6-8-26(9-7-25)21(28)30-22(2,3)4/h12-14H,6-11H2,1-5H3. The largest absolute Gasteiger partial charge is 0.492 e. The lowest BCUT2D eigenvalue weighted by molar-refractivity contribution is 0.0137. The molecule has 0 N–H and O–H groups in total. The molecule has 3 rings (SSSR count). The van der Waals surface area contributed by atoms with E-state index in [0.717, 1.165) is 40.8 Å². The Bertz CT molecular complexity index is 989. The number of carbonyl (C=O) groups excluding carboxylic acids is 1. The molecule has 1 fully saturated rings. The van der Waals surface area contributed by atoms with Gasteiger partial charge in [0, 0.05) is 61.3 Å². The summed E-state index contributed by atoms with van der Waals surface area (Å²) in [5, 5.41) is 0.986. The number of carbonyl (C=O) groups is 1. The van der Waals surface area contributed by atoms with E-state index in [2.05, 4.69) is 20.8 Å². The number of rotatable bonds is 4. The minimum absolute atomic E-state index is 0.00518. The molecule has 2 heterocycles. The topological polar surface area (TPSA) is 64.0 Å². The van der Waals surface area contributed by atoms with E-state index in [9.17, 15) is 9.59 Å². The van der Waals surface area contributed by atoms with E-state index in [1.54, 1.807) is 16.5 Å². The molecule has 8 heteroatoms. The Morgan fingerprint density at radius 1 is 1.13 bits per heavy atom. The molecule has 0 spiro atoms. The van der Waals surface area contributed by atoms with Crippen molar-refractivity contribution in [3.8, 4) is 5.75 Å². The number of amides is 1. The molecule has 1 amide bonds. The highest BCUT2D eigenvalue weighted by Gasteiger charge is 2.25. The summed E-state index contributed by atoms with van der Waals surface area (Å²) in [5.74, 6) is 0.723. The lowest BCUT2D eigenvalue weighted by Crippen LogP contribution is -2.50. The van der Waals surface area contributed by atoms with Crippen molar-refractivity contribution in [1.29, 1.82) is 0 Å². The number of pyridine rings is 1. The fourth-order valence-electron chi connectivity index (χ4n) is 3.51. The molecule has 30 heavy (non-hydrogen) atoms. The van der Waals surface area contributed by atoms with E-state index in [1.807, 2.05) is 45.9 Å². The van der Waals surface area contributed by atoms with Gasteiger partial charge in [0.1, 0.15) is 18.0 Å². The number of nitrogens with zero attached hydrogens (tertiary/aromatic N) is 3. The van der Waals surface area contributed by atoms with Crippen molar-refractivity contribution in [3.05, 3.63) is 38.6 Å². The van der Waals surface area contributed by atoms with Gasteiger partial charge in [0.2, 0.25) is 0 Å². The lowest BCUT2D eigenvalue weighted by atomic mass is 10.1. The highest BCUT2D eigenvalue weighted by molar-refractivity contribution is 9.10. The van der Waals surface area contributed by atoms with E-state index in [4.69, 9.17) is 9.47 Å². The number of benzene rings is 1. The predicted molar refractivity (Wildman–Crippen MR) is 121 cm³/mol. The van der Waals surface area contributed by atoms with Crippen molar-refractivity contribution in [1.82, 2.24) is 14.4 Å². The van der Waals surface area contributed by atoms with Crippen LogP contribution in [0, 0.1) is 6.92 Å². The molecule has 0 bridgehead atoms. The second-order valence-corrected chi connectivity index (χ2v) is 9.54. The molecular weight excluding hydrogens is 450 g/mol. The molecule has 0 atom stereocenters. The zero-order chi connectivity index (χ0) is 22.1. The zero-order valence-electron chi connectivity index (χ0n) is 18.3. The minimum Gasteiger partial charge on any atom is -0.492 e. The maximum Gasteiger partial charge on any atom is 0.410 e. The fraction of sp³-hybridized carbons (Fsp3) is 0.545. The highest BCUT2D eigenvalue weighted by atomic mass is 79.9. The lowest BCUT2D eigenvalue weighted by Gasteiger charge is -2.35. The van der Waals surface area contributed by atoms with Crippen LogP contribution in [0.2, 0.25) is 0 Å². The third-order valence-corrected chi connectivity index (χ3v) is 5.80. The molecule has 1 aliphatic rings. The van der Waals surface area contributed by atoms with Crippen molar-refractivity contribution in [2.24, 2.45) is 7.05 Å². The Morgan fingerprint density at radius 2 is 1.80 bits per heavy atom. The number of hydrogen-bond acceptors (Lipinski definition) is 5. The van der Waals surface area contributed by atoms with E-state index in [-0.39, 0.29) is 11.7 Å². The molecule has 0 saturated carbocycles. The predicted octanol–water partition coefficient (Wildman–Crippen LogP) is 3.54. The first-order chi connectivity index (χ1) is 14.0. The maximum atomic E-state index is 12.2. The van der Waals surface area contributed by atoms with Crippen LogP contribution in [0.1, 0.15) is 26.3 Å². The number of piperazine rings is 1. The monoisotopic (exact) mass is 479 g/mol. The number of ether oxygens (including phenoxy) is 2. The van der Waals surface area contributed by atoms with Gasteiger partial charge in [0.15, 0.2) is 0 Å². The van der Waals surface area contributed by atoms with Crippen LogP contribution in [0.15, 0.2) is 27.5 Å². The summed E-state index contributed by atoms with van der Waals surface area (Å²) in [6, 6.07) is 5.74. The second kappa shape index (κ2) is 8.98. The molecule has 1 aromatic heterocycles. The van der Waals surface area contributed by atoms with Gasteiger partial charge in [-0.05, 0) is 55.8 Å². The molecule has 2 aromatic rings. The number of hydrogen-bond donors (Lipinski definition) is 0. The summed E-state index contributed by atoms with van der Waals surface area (Å²) in [4.78, 5) is 28.4. The van der Waals surface area contributed by atoms with Crippen LogP contribution in [-0.2, 0) is 11.8 Å². The van der Waals surface area contributed by atoms with Gasteiger partial charge >= 0.3 is 6.09 Å². The molecule has 7 nitrogen and oxygen atoms in total.